The summed E-state index contributed by atoms with van der Waals surface area (Å²) in [5, 5.41) is 0. The Labute approximate surface area is 184 Å². The standard InChI is InChI=1S/C20H4F10Se2/c21-11-9(12(22)16(26)19(29)15(11)25)7-3-1-5(31-7)6-2-4-8(32-6)10-13(23)17(27)20(30)18(28)14(10)24/h1-4H. The Morgan fingerprint density at radius 2 is 0.531 bits per heavy atom. The summed E-state index contributed by atoms with van der Waals surface area (Å²) < 4.78 is 137. The molecule has 0 bridgehead atoms. The van der Waals surface area contributed by atoms with Crippen molar-refractivity contribution >= 4 is 29.0 Å². The van der Waals surface area contributed by atoms with Gasteiger partial charge < -0.3 is 0 Å². The Bertz CT molecular complexity index is 1220. The molecule has 0 atom stereocenters. The van der Waals surface area contributed by atoms with E-state index in [-0.39, 0.29) is 8.87 Å². The van der Waals surface area contributed by atoms with E-state index in [1.807, 2.05) is 0 Å². The van der Waals surface area contributed by atoms with Gasteiger partial charge in [0.15, 0.2) is 0 Å². The van der Waals surface area contributed by atoms with Crippen molar-refractivity contribution in [3.05, 3.63) is 82.4 Å². The van der Waals surface area contributed by atoms with Crippen molar-refractivity contribution in [3.63, 3.8) is 0 Å². The van der Waals surface area contributed by atoms with Crippen LogP contribution in [0.15, 0.2) is 24.3 Å². The summed E-state index contributed by atoms with van der Waals surface area (Å²) in [6.07, 6.45) is 0. The molecule has 0 fully saturated rings. The van der Waals surface area contributed by atoms with Gasteiger partial charge in [0.25, 0.3) is 0 Å². The predicted molar refractivity (Wildman–Crippen MR) is 96.2 cm³/mol. The number of benzene rings is 2. The molecule has 166 valence electrons. The molecule has 0 unspecified atom stereocenters. The van der Waals surface area contributed by atoms with Gasteiger partial charge in [0.2, 0.25) is 0 Å². The van der Waals surface area contributed by atoms with Crippen LogP contribution in [0.4, 0.5) is 43.9 Å². The van der Waals surface area contributed by atoms with Crippen LogP contribution in [0.1, 0.15) is 0 Å². The third-order valence-electron chi connectivity index (χ3n) is 4.37. The molecule has 0 radical (unpaired) electrons. The van der Waals surface area contributed by atoms with Crippen molar-refractivity contribution in [1.82, 2.24) is 0 Å². The summed E-state index contributed by atoms with van der Waals surface area (Å²) in [5.41, 5.74) is -2.15. The molecule has 4 aromatic rings. The Balaban J connectivity index is 1.79. The minimum absolute atomic E-state index is 0.165. The molecule has 2 heterocycles. The predicted octanol–water partition coefficient (Wildman–Crippen LogP) is 6.19. The van der Waals surface area contributed by atoms with Crippen molar-refractivity contribution in [1.29, 1.82) is 0 Å². The summed E-state index contributed by atoms with van der Waals surface area (Å²) in [4.78, 5) is 0. The van der Waals surface area contributed by atoms with Crippen molar-refractivity contribution in [2.75, 3.05) is 0 Å². The first-order valence-electron chi connectivity index (χ1n) is 8.28. The number of hydrogen-bond acceptors (Lipinski definition) is 0. The topological polar surface area (TPSA) is 0 Å². The summed E-state index contributed by atoms with van der Waals surface area (Å²) >= 11 is -1.91. The van der Waals surface area contributed by atoms with Crippen LogP contribution in [0.3, 0.4) is 0 Å². The Morgan fingerprint density at radius 3 is 0.812 bits per heavy atom. The van der Waals surface area contributed by atoms with Gasteiger partial charge in [-0.2, -0.15) is 0 Å². The van der Waals surface area contributed by atoms with Crippen molar-refractivity contribution in [2.45, 2.75) is 0 Å². The van der Waals surface area contributed by atoms with E-state index >= 15 is 0 Å². The van der Waals surface area contributed by atoms with Gasteiger partial charge in [0.1, 0.15) is 0 Å². The third-order valence-corrected chi connectivity index (χ3v) is 9.79. The van der Waals surface area contributed by atoms with E-state index in [1.165, 1.54) is 12.1 Å². The maximum atomic E-state index is 14.1. The normalized spacial score (nSPS) is 11.4. The van der Waals surface area contributed by atoms with Crippen LogP contribution in [0.5, 0.6) is 0 Å². The van der Waals surface area contributed by atoms with Crippen molar-refractivity contribution in [2.24, 2.45) is 0 Å². The zero-order valence-electron chi connectivity index (χ0n) is 14.9. The molecular formula is C20H4F10Se2. The van der Waals surface area contributed by atoms with Gasteiger partial charge in [-0.25, -0.2) is 0 Å². The molecule has 12 heteroatoms. The molecule has 0 aliphatic heterocycles. The molecule has 0 nitrogen and oxygen atoms in total. The molecular weight excluding hydrogens is 588 g/mol. The number of rotatable bonds is 3. The monoisotopic (exact) mass is 594 g/mol. The first-order valence-corrected chi connectivity index (χ1v) is 11.7. The fourth-order valence-corrected chi connectivity index (χ4v) is 7.78. The third kappa shape index (κ3) is 3.46. The molecule has 0 aliphatic carbocycles. The second-order valence-corrected chi connectivity index (χ2v) is 10.8. The van der Waals surface area contributed by atoms with Gasteiger partial charge in [-0.3, -0.25) is 0 Å². The minimum atomic E-state index is -2.29. The van der Waals surface area contributed by atoms with Crippen LogP contribution in [0.25, 0.3) is 28.9 Å². The molecule has 0 saturated heterocycles. The molecule has 4 rings (SSSR count). The van der Waals surface area contributed by atoms with Crippen LogP contribution < -0.4 is 0 Å². The second-order valence-electron chi connectivity index (χ2n) is 6.22. The van der Waals surface area contributed by atoms with Crippen LogP contribution in [0.2, 0.25) is 0 Å². The van der Waals surface area contributed by atoms with Crippen LogP contribution in [0, 0.1) is 58.2 Å². The Morgan fingerprint density at radius 1 is 0.312 bits per heavy atom. The van der Waals surface area contributed by atoms with Gasteiger partial charge in [0.05, 0.1) is 0 Å². The summed E-state index contributed by atoms with van der Waals surface area (Å²) in [5.74, 6) is -20.9. The second kappa shape index (κ2) is 8.26. The zero-order valence-corrected chi connectivity index (χ0v) is 18.3. The molecule has 0 amide bonds. The Kier molecular flexibility index (Phi) is 5.92. The number of halogens is 10. The van der Waals surface area contributed by atoms with Gasteiger partial charge in [-0.05, 0) is 0 Å². The van der Waals surface area contributed by atoms with E-state index in [9.17, 15) is 43.9 Å². The first-order chi connectivity index (χ1) is 15.0. The van der Waals surface area contributed by atoms with Gasteiger partial charge in [0, 0.05) is 0 Å². The van der Waals surface area contributed by atoms with E-state index in [2.05, 4.69) is 0 Å². The van der Waals surface area contributed by atoms with Crippen LogP contribution >= 0.6 is 0 Å². The molecule has 2 aromatic carbocycles. The van der Waals surface area contributed by atoms with Crippen LogP contribution in [-0.2, 0) is 0 Å². The quantitative estimate of drug-likeness (QED) is 0.115. The molecule has 0 aliphatic rings. The van der Waals surface area contributed by atoms with E-state index in [0.29, 0.717) is 8.87 Å². The number of hydrogen-bond donors (Lipinski definition) is 0. The van der Waals surface area contributed by atoms with E-state index < -0.39 is 98.3 Å². The first kappa shape index (κ1) is 22.9. The summed E-state index contributed by atoms with van der Waals surface area (Å²) in [7, 11) is 0. The molecule has 0 spiro atoms. The SMILES string of the molecule is Fc1c(F)c(F)c(-c2ccc(-c3ccc(-c4c(F)c(F)c(F)c(F)c4F)[se]3)[se]2)c(F)c1F. The molecule has 0 N–H and O–H groups in total. The van der Waals surface area contributed by atoms with E-state index in [0.717, 1.165) is 12.1 Å². The zero-order chi connectivity index (χ0) is 23.5. The van der Waals surface area contributed by atoms with Gasteiger partial charge >= 0.3 is 184 Å². The fraction of sp³-hybridized carbons (Fsp3) is 0. The van der Waals surface area contributed by atoms with E-state index in [4.69, 9.17) is 0 Å². The summed E-state index contributed by atoms with van der Waals surface area (Å²) in [6, 6.07) is 4.99. The van der Waals surface area contributed by atoms with Crippen molar-refractivity contribution < 1.29 is 43.9 Å². The van der Waals surface area contributed by atoms with Crippen LogP contribution in [-0.4, -0.2) is 29.0 Å². The maximum absolute atomic E-state index is 14.1. The van der Waals surface area contributed by atoms with Gasteiger partial charge in [-0.1, -0.05) is 0 Å². The summed E-state index contributed by atoms with van der Waals surface area (Å²) in [6.45, 7) is 0. The van der Waals surface area contributed by atoms with E-state index in [1.54, 1.807) is 0 Å². The molecule has 2 aromatic heterocycles. The average Bonchev–Trinajstić information content (AvgIpc) is 3.44. The molecule has 32 heavy (non-hydrogen) atoms. The fourth-order valence-electron chi connectivity index (χ4n) is 2.85. The molecule has 0 saturated carbocycles. The van der Waals surface area contributed by atoms with Crippen molar-refractivity contribution in [3.8, 4) is 28.9 Å². The van der Waals surface area contributed by atoms with Gasteiger partial charge in [-0.15, -0.1) is 0 Å². The Hall–Kier alpha value is -2.26. The average molecular weight is 592 g/mol.